The molecule has 0 unspecified atom stereocenters. The van der Waals surface area contributed by atoms with E-state index in [9.17, 15) is 0 Å². The zero-order valence-electron chi connectivity index (χ0n) is 10.7. The molecule has 1 rings (SSSR count). The Kier molecular flexibility index (Phi) is 6.64. The van der Waals surface area contributed by atoms with Gasteiger partial charge in [-0.2, -0.15) is 0 Å². The number of benzene rings is 1. The van der Waals surface area contributed by atoms with E-state index >= 15 is 0 Å². The van der Waals surface area contributed by atoms with Crippen LogP contribution in [0.25, 0.3) is 0 Å². The molecule has 0 nitrogen and oxygen atoms in total. The number of aryl methyl sites for hydroxylation is 2. The maximum absolute atomic E-state index is 2.29. The summed E-state index contributed by atoms with van der Waals surface area (Å²) in [6.07, 6.45) is 11.9. The third-order valence-electron chi connectivity index (χ3n) is 2.93. The molecule has 0 saturated heterocycles. The molecule has 0 aliphatic carbocycles. The Morgan fingerprint density at radius 3 is 2.12 bits per heavy atom. The van der Waals surface area contributed by atoms with Crippen molar-refractivity contribution in [2.75, 3.05) is 0 Å². The van der Waals surface area contributed by atoms with Crippen LogP contribution in [0.1, 0.15) is 50.7 Å². The zero-order valence-corrected chi connectivity index (χ0v) is 10.7. The maximum Gasteiger partial charge on any atom is -0.0244 e. The Morgan fingerprint density at radius 2 is 1.56 bits per heavy atom. The van der Waals surface area contributed by atoms with Crippen molar-refractivity contribution in [2.45, 2.75) is 52.4 Å². The highest BCUT2D eigenvalue weighted by Crippen LogP contribution is 2.10. The van der Waals surface area contributed by atoms with Gasteiger partial charge in [0, 0.05) is 0 Å². The number of unbranched alkanes of at least 4 members (excludes halogenated alkanes) is 2. The van der Waals surface area contributed by atoms with E-state index in [0.29, 0.717) is 0 Å². The average Bonchev–Trinajstić information content (AvgIpc) is 2.32. The number of allylic oxidation sites excluding steroid dienone is 2. The van der Waals surface area contributed by atoms with Crippen LogP contribution in [0.3, 0.4) is 0 Å². The smallest absolute Gasteiger partial charge is 0.0244 e. The van der Waals surface area contributed by atoms with E-state index in [1.165, 1.54) is 43.2 Å². The molecule has 0 saturated carbocycles. The van der Waals surface area contributed by atoms with Gasteiger partial charge in [0.1, 0.15) is 0 Å². The van der Waals surface area contributed by atoms with E-state index in [4.69, 9.17) is 0 Å². The van der Waals surface area contributed by atoms with Crippen LogP contribution in [0.5, 0.6) is 0 Å². The molecule has 0 radical (unpaired) electrons. The van der Waals surface area contributed by atoms with Crippen molar-refractivity contribution in [3.8, 4) is 0 Å². The molecule has 0 fully saturated rings. The van der Waals surface area contributed by atoms with Crippen LogP contribution in [0, 0.1) is 0 Å². The fourth-order valence-corrected chi connectivity index (χ4v) is 1.87. The predicted molar refractivity (Wildman–Crippen MR) is 72.8 cm³/mol. The van der Waals surface area contributed by atoms with Crippen LogP contribution in [-0.2, 0) is 12.8 Å². The van der Waals surface area contributed by atoms with E-state index in [1.807, 2.05) is 0 Å². The van der Waals surface area contributed by atoms with Crippen molar-refractivity contribution in [2.24, 2.45) is 0 Å². The van der Waals surface area contributed by atoms with E-state index in [2.05, 4.69) is 50.3 Å². The third kappa shape index (κ3) is 5.16. The minimum absolute atomic E-state index is 1.16. The summed E-state index contributed by atoms with van der Waals surface area (Å²) < 4.78 is 0. The van der Waals surface area contributed by atoms with Crippen LogP contribution in [-0.4, -0.2) is 0 Å². The van der Waals surface area contributed by atoms with Gasteiger partial charge in [-0.15, -0.1) is 0 Å². The van der Waals surface area contributed by atoms with E-state index in [0.717, 1.165) is 6.42 Å². The predicted octanol–water partition coefficient (Wildman–Crippen LogP) is 4.93. The van der Waals surface area contributed by atoms with Crippen molar-refractivity contribution >= 4 is 0 Å². The molecule has 88 valence electrons. The minimum atomic E-state index is 1.16. The van der Waals surface area contributed by atoms with Crippen LogP contribution in [0.15, 0.2) is 36.4 Å². The highest BCUT2D eigenvalue weighted by atomic mass is 14.0. The van der Waals surface area contributed by atoms with Crippen molar-refractivity contribution in [3.63, 3.8) is 0 Å². The van der Waals surface area contributed by atoms with E-state index in [1.54, 1.807) is 0 Å². The lowest BCUT2D eigenvalue weighted by Gasteiger charge is -2.03. The largest absolute Gasteiger partial charge is 0.0917 e. The lowest BCUT2D eigenvalue weighted by atomic mass is 10.0. The van der Waals surface area contributed by atoms with Gasteiger partial charge in [0.25, 0.3) is 0 Å². The van der Waals surface area contributed by atoms with Gasteiger partial charge in [-0.1, -0.05) is 56.2 Å². The van der Waals surface area contributed by atoms with Crippen LogP contribution >= 0.6 is 0 Å². The topological polar surface area (TPSA) is 0 Å². The molecule has 16 heavy (non-hydrogen) atoms. The Bertz CT molecular complexity index is 292. The van der Waals surface area contributed by atoms with Gasteiger partial charge in [-0.3, -0.25) is 0 Å². The molecule has 0 heterocycles. The fraction of sp³-hybridized carbons (Fsp3) is 0.500. The van der Waals surface area contributed by atoms with Crippen molar-refractivity contribution in [1.29, 1.82) is 0 Å². The average molecular weight is 216 g/mol. The molecule has 0 N–H and O–H groups in total. The quantitative estimate of drug-likeness (QED) is 0.448. The van der Waals surface area contributed by atoms with Crippen molar-refractivity contribution < 1.29 is 0 Å². The van der Waals surface area contributed by atoms with Gasteiger partial charge in [0.2, 0.25) is 0 Å². The number of hydrogen-bond acceptors (Lipinski definition) is 0. The Balaban J connectivity index is 2.35. The second-order valence-electron chi connectivity index (χ2n) is 4.38. The van der Waals surface area contributed by atoms with E-state index < -0.39 is 0 Å². The fourth-order valence-electron chi connectivity index (χ4n) is 1.87. The molecule has 0 aromatic heterocycles. The lowest BCUT2D eigenvalue weighted by Crippen LogP contribution is -1.88. The molecular formula is C16H24. The molecule has 0 amide bonds. The molecule has 0 aliphatic rings. The molecule has 0 spiro atoms. The summed E-state index contributed by atoms with van der Waals surface area (Å²) in [6.45, 7) is 4.33. The first-order chi connectivity index (χ1) is 7.86. The van der Waals surface area contributed by atoms with Crippen LogP contribution in [0.4, 0.5) is 0 Å². The molecule has 0 aliphatic heterocycles. The Labute approximate surface area is 100 Å². The first kappa shape index (κ1) is 13.0. The second-order valence-corrected chi connectivity index (χ2v) is 4.38. The van der Waals surface area contributed by atoms with Crippen LogP contribution in [0.2, 0.25) is 0 Å². The summed E-state index contributed by atoms with van der Waals surface area (Å²) in [5.74, 6) is 0. The number of rotatable bonds is 7. The van der Waals surface area contributed by atoms with Crippen molar-refractivity contribution in [1.82, 2.24) is 0 Å². The van der Waals surface area contributed by atoms with Gasteiger partial charge in [-0.25, -0.2) is 0 Å². The molecular weight excluding hydrogens is 192 g/mol. The van der Waals surface area contributed by atoms with E-state index in [-0.39, 0.29) is 0 Å². The standard InChI is InChI=1S/C16H24/c1-3-5-7-9-15-11-13-16(14-12-15)10-8-6-4-2/h3,5,11-14H,4,6-10H2,1-2H3/b5-3+. The monoisotopic (exact) mass is 216 g/mol. The molecule has 1 aromatic rings. The highest BCUT2D eigenvalue weighted by Gasteiger charge is 1.94. The lowest BCUT2D eigenvalue weighted by molar-refractivity contribution is 0.717. The zero-order chi connectivity index (χ0) is 11.6. The second kappa shape index (κ2) is 8.15. The highest BCUT2D eigenvalue weighted by molar-refractivity contribution is 5.23. The van der Waals surface area contributed by atoms with Crippen molar-refractivity contribution in [3.05, 3.63) is 47.5 Å². The Morgan fingerprint density at radius 1 is 0.938 bits per heavy atom. The Hall–Kier alpha value is -1.04. The molecule has 0 bridgehead atoms. The van der Waals surface area contributed by atoms with Gasteiger partial charge < -0.3 is 0 Å². The maximum atomic E-state index is 2.29. The van der Waals surface area contributed by atoms with Gasteiger partial charge in [0.05, 0.1) is 0 Å². The summed E-state index contributed by atoms with van der Waals surface area (Å²) in [7, 11) is 0. The summed E-state index contributed by atoms with van der Waals surface area (Å²) in [6, 6.07) is 9.15. The third-order valence-corrected chi connectivity index (χ3v) is 2.93. The molecule has 0 heteroatoms. The normalized spacial score (nSPS) is 11.1. The first-order valence-electron chi connectivity index (χ1n) is 6.55. The number of hydrogen-bond donors (Lipinski definition) is 0. The first-order valence-corrected chi connectivity index (χ1v) is 6.55. The van der Waals surface area contributed by atoms with Gasteiger partial charge in [-0.05, 0) is 43.7 Å². The molecule has 1 aromatic carbocycles. The summed E-state index contributed by atoms with van der Waals surface area (Å²) >= 11 is 0. The van der Waals surface area contributed by atoms with Gasteiger partial charge >= 0.3 is 0 Å². The molecule has 0 atom stereocenters. The van der Waals surface area contributed by atoms with Gasteiger partial charge in [0.15, 0.2) is 0 Å². The minimum Gasteiger partial charge on any atom is -0.0917 e. The summed E-state index contributed by atoms with van der Waals surface area (Å²) in [5.41, 5.74) is 2.94. The van der Waals surface area contributed by atoms with Crippen LogP contribution < -0.4 is 0 Å². The summed E-state index contributed by atoms with van der Waals surface area (Å²) in [4.78, 5) is 0. The summed E-state index contributed by atoms with van der Waals surface area (Å²) in [5, 5.41) is 0. The SMILES string of the molecule is C/C=C/CCc1ccc(CCCCC)cc1.